The maximum absolute atomic E-state index is 12.6. The monoisotopic (exact) mass is 394 g/mol. The zero-order valence-electron chi connectivity index (χ0n) is 16.0. The molecule has 2 aromatic carbocycles. The second kappa shape index (κ2) is 8.22. The number of nitrogens with zero attached hydrogens (tertiary/aromatic N) is 1. The maximum atomic E-state index is 12.6. The van der Waals surface area contributed by atoms with E-state index in [0.717, 1.165) is 28.1 Å². The van der Waals surface area contributed by atoms with Crippen molar-refractivity contribution in [2.75, 3.05) is 11.9 Å². The van der Waals surface area contributed by atoms with Crippen LogP contribution in [-0.4, -0.2) is 27.9 Å². The molecule has 1 aromatic heterocycles. The van der Waals surface area contributed by atoms with Crippen LogP contribution in [0.1, 0.15) is 27.2 Å². The molecule has 2 amide bonds. The predicted octanol–water partition coefficient (Wildman–Crippen LogP) is 3.83. The largest absolute Gasteiger partial charge is 0.342 e. The van der Waals surface area contributed by atoms with Crippen molar-refractivity contribution in [2.24, 2.45) is 0 Å². The molecule has 144 valence electrons. The minimum Gasteiger partial charge on any atom is -0.342 e. The molecular formula is C21H22N4O2S. The highest BCUT2D eigenvalue weighted by Crippen LogP contribution is 2.21. The average molecular weight is 395 g/mol. The summed E-state index contributed by atoms with van der Waals surface area (Å²) in [6.45, 7) is 5.76. The lowest BCUT2D eigenvalue weighted by atomic mass is 10.1. The molecule has 3 N–H and O–H groups in total. The minimum absolute atomic E-state index is 0.141. The van der Waals surface area contributed by atoms with Crippen LogP contribution in [0, 0.1) is 25.5 Å². The Morgan fingerprint density at radius 1 is 1.07 bits per heavy atom. The number of benzene rings is 2. The lowest BCUT2D eigenvalue weighted by Crippen LogP contribution is -2.34. The molecule has 0 radical (unpaired) electrons. The number of rotatable bonds is 5. The molecule has 0 spiro atoms. The summed E-state index contributed by atoms with van der Waals surface area (Å²) in [5.41, 5.74) is 5.00. The zero-order chi connectivity index (χ0) is 20.3. The van der Waals surface area contributed by atoms with Crippen molar-refractivity contribution >= 4 is 29.7 Å². The number of aryl methyl sites for hydroxylation is 3. The minimum atomic E-state index is -0.385. The highest BCUT2D eigenvalue weighted by atomic mass is 32.1. The number of aromatic nitrogens is 2. The van der Waals surface area contributed by atoms with Gasteiger partial charge in [0, 0.05) is 17.6 Å². The van der Waals surface area contributed by atoms with Gasteiger partial charge in [-0.2, -0.15) is 0 Å². The maximum Gasteiger partial charge on any atom is 0.270 e. The number of amides is 2. The molecule has 28 heavy (non-hydrogen) atoms. The van der Waals surface area contributed by atoms with Crippen molar-refractivity contribution in [2.45, 2.75) is 20.8 Å². The van der Waals surface area contributed by atoms with E-state index >= 15 is 0 Å². The third-order valence-corrected chi connectivity index (χ3v) is 4.67. The summed E-state index contributed by atoms with van der Waals surface area (Å²) < 4.78 is 2.04. The highest BCUT2D eigenvalue weighted by molar-refractivity contribution is 7.71. The lowest BCUT2D eigenvalue weighted by Gasteiger charge is -2.13. The van der Waals surface area contributed by atoms with Crippen molar-refractivity contribution in [3.8, 4) is 5.69 Å². The van der Waals surface area contributed by atoms with Crippen LogP contribution in [-0.2, 0) is 4.79 Å². The van der Waals surface area contributed by atoms with Crippen LogP contribution in [0.2, 0.25) is 0 Å². The number of hydrogen-bond donors (Lipinski definition) is 3. The normalized spacial score (nSPS) is 10.5. The summed E-state index contributed by atoms with van der Waals surface area (Å²) in [4.78, 5) is 27.8. The first-order chi connectivity index (χ1) is 13.4. The van der Waals surface area contributed by atoms with Crippen molar-refractivity contribution in [1.29, 1.82) is 0 Å². The summed E-state index contributed by atoms with van der Waals surface area (Å²) in [6.07, 6.45) is 1.54. The molecule has 3 aromatic rings. The van der Waals surface area contributed by atoms with E-state index in [4.69, 9.17) is 12.2 Å². The van der Waals surface area contributed by atoms with Gasteiger partial charge >= 0.3 is 0 Å². The second-order valence-corrected chi connectivity index (χ2v) is 7.04. The Labute approximate surface area is 168 Å². The standard InChI is InChI=1S/C21H22N4O2S/c1-13-9-14(2)19(15(3)10-13)24-18(26)12-22-20(27)17-11-23-21(28)25(17)16-7-5-4-6-8-16/h4-11H,12H2,1-3H3,(H,22,27)(H,23,28)(H,24,26). The molecule has 0 unspecified atom stereocenters. The second-order valence-electron chi connectivity index (χ2n) is 6.65. The molecule has 1 heterocycles. The topological polar surface area (TPSA) is 78.9 Å². The van der Waals surface area contributed by atoms with Gasteiger partial charge in [-0.1, -0.05) is 35.9 Å². The summed E-state index contributed by atoms with van der Waals surface area (Å²) in [7, 11) is 0. The molecule has 3 rings (SSSR count). The van der Waals surface area contributed by atoms with Crippen LogP contribution >= 0.6 is 12.2 Å². The van der Waals surface area contributed by atoms with Gasteiger partial charge in [0.25, 0.3) is 5.91 Å². The Bertz CT molecular complexity index is 1060. The van der Waals surface area contributed by atoms with E-state index < -0.39 is 0 Å². The predicted molar refractivity (Wildman–Crippen MR) is 113 cm³/mol. The van der Waals surface area contributed by atoms with E-state index in [-0.39, 0.29) is 18.4 Å². The van der Waals surface area contributed by atoms with Gasteiger partial charge in [0.1, 0.15) is 5.69 Å². The molecule has 0 aliphatic heterocycles. The summed E-state index contributed by atoms with van der Waals surface area (Å²) >= 11 is 5.28. The number of carbonyl (C=O) groups excluding carboxylic acids is 2. The van der Waals surface area contributed by atoms with Crippen molar-refractivity contribution in [3.05, 3.63) is 75.8 Å². The number of para-hydroxylation sites is 1. The average Bonchev–Trinajstić information content (AvgIpc) is 3.05. The SMILES string of the molecule is Cc1cc(C)c(NC(=O)CNC(=O)c2c[nH]c(=S)n2-c2ccccc2)c(C)c1. The molecule has 0 aliphatic rings. The van der Waals surface area contributed by atoms with Crippen LogP contribution in [0.5, 0.6) is 0 Å². The highest BCUT2D eigenvalue weighted by Gasteiger charge is 2.16. The van der Waals surface area contributed by atoms with E-state index in [9.17, 15) is 9.59 Å². The van der Waals surface area contributed by atoms with Gasteiger partial charge in [-0.3, -0.25) is 14.2 Å². The molecule has 0 saturated carbocycles. The van der Waals surface area contributed by atoms with Crippen LogP contribution in [0.25, 0.3) is 5.69 Å². The van der Waals surface area contributed by atoms with Gasteiger partial charge in [0.15, 0.2) is 4.77 Å². The molecule has 0 fully saturated rings. The summed E-state index contributed by atoms with van der Waals surface area (Å²) in [5.74, 6) is -0.674. The van der Waals surface area contributed by atoms with Crippen molar-refractivity contribution < 1.29 is 9.59 Å². The van der Waals surface area contributed by atoms with E-state index in [0.29, 0.717) is 10.5 Å². The Morgan fingerprint density at radius 3 is 2.36 bits per heavy atom. The van der Waals surface area contributed by atoms with E-state index in [1.165, 1.54) is 6.20 Å². The number of H-pyrrole nitrogens is 1. The first-order valence-electron chi connectivity index (χ1n) is 8.88. The lowest BCUT2D eigenvalue weighted by molar-refractivity contribution is -0.115. The van der Waals surface area contributed by atoms with Gasteiger partial charge in [-0.05, 0) is 56.2 Å². The van der Waals surface area contributed by atoms with Crippen LogP contribution in [0.3, 0.4) is 0 Å². The number of carbonyl (C=O) groups is 2. The van der Waals surface area contributed by atoms with Gasteiger partial charge in [-0.25, -0.2) is 0 Å². The van der Waals surface area contributed by atoms with Gasteiger partial charge in [0.05, 0.1) is 6.54 Å². The fourth-order valence-electron chi connectivity index (χ4n) is 3.18. The molecule has 0 atom stereocenters. The molecule has 0 saturated heterocycles. The quantitative estimate of drug-likeness (QED) is 0.576. The first kappa shape index (κ1) is 19.6. The van der Waals surface area contributed by atoms with Crippen molar-refractivity contribution in [1.82, 2.24) is 14.9 Å². The number of imidazole rings is 1. The van der Waals surface area contributed by atoms with E-state index in [1.54, 1.807) is 4.57 Å². The van der Waals surface area contributed by atoms with Crippen LogP contribution in [0.15, 0.2) is 48.7 Å². The van der Waals surface area contributed by atoms with Crippen molar-refractivity contribution in [3.63, 3.8) is 0 Å². The van der Waals surface area contributed by atoms with Gasteiger partial charge in [-0.15, -0.1) is 0 Å². The molecule has 0 aliphatic carbocycles. The smallest absolute Gasteiger partial charge is 0.270 e. The molecule has 7 heteroatoms. The number of nitrogens with one attached hydrogen (secondary N) is 3. The Morgan fingerprint density at radius 2 is 1.71 bits per heavy atom. The Hall–Kier alpha value is -3.19. The molecule has 0 bridgehead atoms. The molecular weight excluding hydrogens is 372 g/mol. The van der Waals surface area contributed by atoms with Gasteiger partial charge in [0.2, 0.25) is 5.91 Å². The number of anilines is 1. The summed E-state index contributed by atoms with van der Waals surface area (Å²) in [5, 5.41) is 5.53. The fraction of sp³-hybridized carbons (Fsp3) is 0.190. The van der Waals surface area contributed by atoms with Crippen LogP contribution in [0.4, 0.5) is 5.69 Å². The Kier molecular flexibility index (Phi) is 5.75. The van der Waals surface area contributed by atoms with E-state index in [2.05, 4.69) is 15.6 Å². The Balaban J connectivity index is 1.70. The van der Waals surface area contributed by atoms with E-state index in [1.807, 2.05) is 63.2 Å². The third-order valence-electron chi connectivity index (χ3n) is 4.37. The third kappa shape index (κ3) is 4.20. The fourth-order valence-corrected chi connectivity index (χ4v) is 3.44. The zero-order valence-corrected chi connectivity index (χ0v) is 16.8. The molecule has 6 nitrogen and oxygen atoms in total. The number of hydrogen-bond acceptors (Lipinski definition) is 3. The first-order valence-corrected chi connectivity index (χ1v) is 9.29. The number of aromatic amines is 1. The summed E-state index contributed by atoms with van der Waals surface area (Å²) in [6, 6.07) is 13.4. The van der Waals surface area contributed by atoms with Gasteiger partial charge < -0.3 is 15.6 Å². The van der Waals surface area contributed by atoms with Crippen LogP contribution < -0.4 is 10.6 Å².